The molecule has 2 rings (SSSR count). The zero-order chi connectivity index (χ0) is 14.6. The van der Waals surface area contributed by atoms with Gasteiger partial charge in [0.15, 0.2) is 0 Å². The summed E-state index contributed by atoms with van der Waals surface area (Å²) in [6.45, 7) is 4.51. The molecule has 1 aromatic carbocycles. The molecule has 0 radical (unpaired) electrons. The molecule has 0 saturated carbocycles. The lowest BCUT2D eigenvalue weighted by molar-refractivity contribution is 0.459. The summed E-state index contributed by atoms with van der Waals surface area (Å²) in [5.74, 6) is 0.581. The van der Waals surface area contributed by atoms with Gasteiger partial charge in [0.25, 0.3) is 0 Å². The Bertz CT molecular complexity index is 634. The minimum atomic E-state index is -3.56. The molecule has 20 heavy (non-hydrogen) atoms. The number of anilines is 1. The Kier molecular flexibility index (Phi) is 4.46. The van der Waals surface area contributed by atoms with Crippen LogP contribution >= 0.6 is 0 Å². The zero-order valence-electron chi connectivity index (χ0n) is 11.5. The molecule has 0 bridgehead atoms. The maximum Gasteiger partial charge on any atom is 0.241 e. The molecular weight excluding hydrogens is 276 g/mol. The van der Waals surface area contributed by atoms with E-state index in [1.807, 2.05) is 6.92 Å². The van der Waals surface area contributed by atoms with Crippen LogP contribution in [-0.4, -0.2) is 15.0 Å². The Morgan fingerprint density at radius 2 is 1.90 bits per heavy atom. The highest BCUT2D eigenvalue weighted by Crippen LogP contribution is 2.18. The first-order valence-corrected chi connectivity index (χ1v) is 7.91. The van der Waals surface area contributed by atoms with Gasteiger partial charge in [-0.2, -0.15) is 0 Å². The summed E-state index contributed by atoms with van der Waals surface area (Å²) < 4.78 is 32.2. The van der Waals surface area contributed by atoms with Gasteiger partial charge in [-0.05, 0) is 50.2 Å². The van der Waals surface area contributed by atoms with Crippen LogP contribution in [0.3, 0.4) is 0 Å². The topological polar surface area (TPSA) is 71.3 Å². The van der Waals surface area contributed by atoms with E-state index in [9.17, 15) is 8.42 Å². The molecular formula is C14H18N2O3S. The number of hydrogen-bond acceptors (Lipinski definition) is 4. The molecule has 0 saturated heterocycles. The van der Waals surface area contributed by atoms with E-state index in [0.717, 1.165) is 12.2 Å². The van der Waals surface area contributed by atoms with Crippen molar-refractivity contribution in [1.29, 1.82) is 0 Å². The third-order valence-electron chi connectivity index (χ3n) is 2.85. The van der Waals surface area contributed by atoms with Gasteiger partial charge in [0.05, 0.1) is 17.2 Å². The van der Waals surface area contributed by atoms with Crippen molar-refractivity contribution in [1.82, 2.24) is 4.72 Å². The van der Waals surface area contributed by atoms with Gasteiger partial charge < -0.3 is 9.73 Å². The predicted molar refractivity (Wildman–Crippen MR) is 78.1 cm³/mol. The van der Waals surface area contributed by atoms with Crippen LogP contribution in [0.25, 0.3) is 0 Å². The summed E-state index contributed by atoms with van der Waals surface area (Å²) in [6, 6.07) is 9.70. The lowest BCUT2D eigenvalue weighted by Crippen LogP contribution is -2.26. The first-order valence-electron chi connectivity index (χ1n) is 6.42. The second-order valence-corrected chi connectivity index (χ2v) is 6.13. The summed E-state index contributed by atoms with van der Waals surface area (Å²) >= 11 is 0. The molecule has 0 amide bonds. The Balaban J connectivity index is 2.13. The molecule has 0 fully saturated rings. The molecule has 108 valence electrons. The maximum atomic E-state index is 12.2. The van der Waals surface area contributed by atoms with Crippen LogP contribution in [0.5, 0.6) is 0 Å². The van der Waals surface area contributed by atoms with E-state index in [4.69, 9.17) is 4.42 Å². The van der Waals surface area contributed by atoms with Crippen LogP contribution in [0.2, 0.25) is 0 Å². The number of hydrogen-bond donors (Lipinski definition) is 2. The van der Waals surface area contributed by atoms with Crippen molar-refractivity contribution in [2.24, 2.45) is 0 Å². The van der Waals surface area contributed by atoms with Gasteiger partial charge in [0.2, 0.25) is 10.0 Å². The zero-order valence-corrected chi connectivity index (χ0v) is 12.3. The largest absolute Gasteiger partial charge is 0.468 e. The SMILES string of the molecule is CCNc1ccc(S(=O)(=O)NC(C)c2ccco2)cc1. The fourth-order valence-corrected chi connectivity index (χ4v) is 3.06. The first-order chi connectivity index (χ1) is 9.53. The minimum absolute atomic E-state index is 0.234. The Morgan fingerprint density at radius 1 is 1.20 bits per heavy atom. The fraction of sp³-hybridized carbons (Fsp3) is 0.286. The summed E-state index contributed by atoms with van der Waals surface area (Å²) in [4.78, 5) is 0.234. The van der Waals surface area contributed by atoms with E-state index >= 15 is 0 Å². The third kappa shape index (κ3) is 3.40. The predicted octanol–water partition coefficient (Wildman–Crippen LogP) is 2.75. The van der Waals surface area contributed by atoms with Crippen molar-refractivity contribution >= 4 is 15.7 Å². The van der Waals surface area contributed by atoms with Crippen LogP contribution in [-0.2, 0) is 10.0 Å². The van der Waals surface area contributed by atoms with Gasteiger partial charge >= 0.3 is 0 Å². The van der Waals surface area contributed by atoms with Crippen molar-refractivity contribution in [2.75, 3.05) is 11.9 Å². The third-order valence-corrected chi connectivity index (χ3v) is 4.40. The first kappa shape index (κ1) is 14.6. The van der Waals surface area contributed by atoms with Gasteiger partial charge in [0.1, 0.15) is 5.76 Å². The molecule has 1 heterocycles. The molecule has 1 unspecified atom stereocenters. The van der Waals surface area contributed by atoms with Crippen molar-refractivity contribution in [2.45, 2.75) is 24.8 Å². The highest BCUT2D eigenvalue weighted by molar-refractivity contribution is 7.89. The number of rotatable bonds is 6. The number of sulfonamides is 1. The van der Waals surface area contributed by atoms with Gasteiger partial charge in [-0.1, -0.05) is 0 Å². The van der Waals surface area contributed by atoms with E-state index in [2.05, 4.69) is 10.0 Å². The van der Waals surface area contributed by atoms with Gasteiger partial charge in [-0.25, -0.2) is 13.1 Å². The molecule has 0 aliphatic carbocycles. The number of furan rings is 1. The molecule has 2 aromatic rings. The second kappa shape index (κ2) is 6.11. The quantitative estimate of drug-likeness (QED) is 0.859. The van der Waals surface area contributed by atoms with Crippen LogP contribution in [0.1, 0.15) is 25.6 Å². The van der Waals surface area contributed by atoms with E-state index in [1.165, 1.54) is 6.26 Å². The molecule has 6 heteroatoms. The summed E-state index contributed by atoms with van der Waals surface area (Å²) in [7, 11) is -3.56. The van der Waals surface area contributed by atoms with Crippen LogP contribution < -0.4 is 10.0 Å². The average Bonchev–Trinajstić information content (AvgIpc) is 2.93. The van der Waals surface area contributed by atoms with Crippen LogP contribution in [0.15, 0.2) is 52.0 Å². The van der Waals surface area contributed by atoms with Crippen LogP contribution in [0, 0.1) is 0 Å². The Labute approximate surface area is 119 Å². The summed E-state index contributed by atoms with van der Waals surface area (Å²) in [5, 5.41) is 3.12. The maximum absolute atomic E-state index is 12.2. The average molecular weight is 294 g/mol. The van der Waals surface area contributed by atoms with Crippen molar-refractivity contribution in [3.05, 3.63) is 48.4 Å². The molecule has 5 nitrogen and oxygen atoms in total. The molecule has 2 N–H and O–H groups in total. The highest BCUT2D eigenvalue weighted by atomic mass is 32.2. The van der Waals surface area contributed by atoms with Crippen LogP contribution in [0.4, 0.5) is 5.69 Å². The molecule has 1 aromatic heterocycles. The van der Waals surface area contributed by atoms with Gasteiger partial charge in [-0.15, -0.1) is 0 Å². The Hall–Kier alpha value is -1.79. The monoisotopic (exact) mass is 294 g/mol. The molecule has 0 aliphatic rings. The van der Waals surface area contributed by atoms with E-state index in [1.54, 1.807) is 43.3 Å². The second-order valence-electron chi connectivity index (χ2n) is 4.41. The van der Waals surface area contributed by atoms with Gasteiger partial charge in [-0.3, -0.25) is 0 Å². The molecule has 1 atom stereocenters. The van der Waals surface area contributed by atoms with Gasteiger partial charge in [0, 0.05) is 12.2 Å². The molecule has 0 spiro atoms. The summed E-state index contributed by atoms with van der Waals surface area (Å²) in [5.41, 5.74) is 0.894. The smallest absolute Gasteiger partial charge is 0.241 e. The van der Waals surface area contributed by atoms with Crippen molar-refractivity contribution in [3.8, 4) is 0 Å². The lowest BCUT2D eigenvalue weighted by Gasteiger charge is -2.12. The van der Waals surface area contributed by atoms with E-state index < -0.39 is 16.1 Å². The van der Waals surface area contributed by atoms with Crippen molar-refractivity contribution in [3.63, 3.8) is 0 Å². The minimum Gasteiger partial charge on any atom is -0.468 e. The normalized spacial score (nSPS) is 13.1. The van der Waals surface area contributed by atoms with E-state index in [0.29, 0.717) is 5.76 Å². The Morgan fingerprint density at radius 3 is 2.45 bits per heavy atom. The van der Waals surface area contributed by atoms with Crippen molar-refractivity contribution < 1.29 is 12.8 Å². The van der Waals surface area contributed by atoms with E-state index in [-0.39, 0.29) is 4.90 Å². The molecule has 0 aliphatic heterocycles. The number of nitrogens with one attached hydrogen (secondary N) is 2. The lowest BCUT2D eigenvalue weighted by atomic mass is 10.3. The fourth-order valence-electron chi connectivity index (χ4n) is 1.85. The highest BCUT2D eigenvalue weighted by Gasteiger charge is 2.19. The summed E-state index contributed by atoms with van der Waals surface area (Å²) in [6.07, 6.45) is 1.52. The number of benzene rings is 1. The standard InChI is InChI=1S/C14H18N2O3S/c1-3-15-12-6-8-13(9-7-12)20(17,18)16-11(2)14-5-4-10-19-14/h4-11,15-16H,3H2,1-2H3.